The third-order valence-corrected chi connectivity index (χ3v) is 12.6. The number of nitrogens with one attached hydrogen (secondary N) is 1. The van der Waals surface area contributed by atoms with Gasteiger partial charge in [0.15, 0.2) is 0 Å². The quantitative estimate of drug-likeness (QED) is 0.278. The molecule has 4 aromatic rings. The summed E-state index contributed by atoms with van der Waals surface area (Å²) in [6, 6.07) is 17.3. The lowest BCUT2D eigenvalue weighted by molar-refractivity contribution is 0.0696. The Bertz CT molecular complexity index is 2010. The summed E-state index contributed by atoms with van der Waals surface area (Å²) in [5.74, 6) is -1.36. The lowest BCUT2D eigenvalue weighted by Crippen LogP contribution is -2.46. The van der Waals surface area contributed by atoms with Crippen LogP contribution in [0.1, 0.15) is 48.5 Å². The van der Waals surface area contributed by atoms with Crippen LogP contribution >= 0.6 is 0 Å². The van der Waals surface area contributed by atoms with Gasteiger partial charge in [-0.05, 0) is 60.7 Å². The van der Waals surface area contributed by atoms with E-state index in [-0.39, 0.29) is 57.6 Å². The summed E-state index contributed by atoms with van der Waals surface area (Å²) in [5.41, 5.74) is 0.752. The zero-order valence-corrected chi connectivity index (χ0v) is 25.9. The molecule has 3 aromatic carbocycles. The van der Waals surface area contributed by atoms with Crippen LogP contribution in [0.4, 0.5) is 0 Å². The fourth-order valence-electron chi connectivity index (χ4n) is 5.28. The van der Waals surface area contributed by atoms with Crippen molar-refractivity contribution in [2.45, 2.75) is 53.3 Å². The summed E-state index contributed by atoms with van der Waals surface area (Å²) in [6.45, 7) is 3.80. The number of piperidine rings is 1. The molecule has 0 saturated carbocycles. The van der Waals surface area contributed by atoms with Gasteiger partial charge < -0.3 is 5.11 Å². The highest BCUT2D eigenvalue weighted by atomic mass is 32.2. The van der Waals surface area contributed by atoms with Crippen LogP contribution in [0.3, 0.4) is 0 Å². The third kappa shape index (κ3) is 5.85. The fourth-order valence-corrected chi connectivity index (χ4v) is 9.78. The van der Waals surface area contributed by atoms with Crippen LogP contribution in [0.2, 0.25) is 0 Å². The standard InChI is InChI=1S/C29H31N3O8S3/c1-20(2)25-12-7-13-26-28(25)27(19-32(26)43(39,40)23-9-4-3-5-10-23)41(35,36)30-22-14-16-31(17-15-22)42(37,38)24-11-6-8-21(18-24)29(33)34/h3-13,18-20,22,30H,14-17H2,1-2H3,(H,33,34). The lowest BCUT2D eigenvalue weighted by Gasteiger charge is -2.31. The van der Waals surface area contributed by atoms with Gasteiger partial charge in [0.1, 0.15) is 4.90 Å². The van der Waals surface area contributed by atoms with Crippen molar-refractivity contribution in [1.29, 1.82) is 0 Å². The Morgan fingerprint density at radius 3 is 2.09 bits per heavy atom. The van der Waals surface area contributed by atoms with Crippen molar-refractivity contribution in [3.8, 4) is 0 Å². The van der Waals surface area contributed by atoms with Crippen molar-refractivity contribution in [3.05, 3.63) is 90.1 Å². The van der Waals surface area contributed by atoms with E-state index in [1.165, 1.54) is 34.6 Å². The maximum absolute atomic E-state index is 13.9. The van der Waals surface area contributed by atoms with Gasteiger partial charge in [-0.2, -0.15) is 4.31 Å². The summed E-state index contributed by atoms with van der Waals surface area (Å²) >= 11 is 0. The number of fused-ring (bicyclic) bond motifs is 1. The molecule has 5 rings (SSSR count). The average molecular weight is 646 g/mol. The van der Waals surface area contributed by atoms with Gasteiger partial charge in [0, 0.05) is 30.7 Å². The topological polar surface area (TPSA) is 160 Å². The van der Waals surface area contributed by atoms with Gasteiger partial charge in [-0.1, -0.05) is 50.2 Å². The van der Waals surface area contributed by atoms with Crippen LogP contribution in [0, 0.1) is 0 Å². The number of benzene rings is 3. The number of aromatic nitrogens is 1. The fraction of sp³-hybridized carbons (Fsp3) is 0.276. The molecule has 0 atom stereocenters. The summed E-state index contributed by atoms with van der Waals surface area (Å²) in [4.78, 5) is 11.0. The maximum atomic E-state index is 13.9. The van der Waals surface area contributed by atoms with Crippen LogP contribution < -0.4 is 4.72 Å². The molecule has 0 amide bonds. The Kier molecular flexibility index (Phi) is 8.26. The number of rotatable bonds is 9. The SMILES string of the molecule is CC(C)c1cccc2c1c(S(=O)(=O)NC1CCN(S(=O)(=O)c3cccc(C(=O)O)c3)CC1)cn2S(=O)(=O)c1ccccc1. The normalized spacial score (nSPS) is 15.7. The van der Waals surface area contributed by atoms with Crippen molar-refractivity contribution in [2.24, 2.45) is 0 Å². The number of carboxylic acid groups (broad SMARTS) is 1. The number of nitrogens with zero attached hydrogens (tertiary/aromatic N) is 2. The van der Waals surface area contributed by atoms with Crippen LogP contribution in [-0.2, 0) is 30.1 Å². The smallest absolute Gasteiger partial charge is 0.335 e. The number of hydrogen-bond donors (Lipinski definition) is 2. The molecule has 228 valence electrons. The van der Waals surface area contributed by atoms with Gasteiger partial charge in [-0.25, -0.2) is 38.7 Å². The van der Waals surface area contributed by atoms with E-state index in [0.29, 0.717) is 10.9 Å². The van der Waals surface area contributed by atoms with Crippen molar-refractivity contribution < 1.29 is 35.2 Å². The summed E-state index contributed by atoms with van der Waals surface area (Å²) in [7, 11) is -12.4. The van der Waals surface area contributed by atoms with Gasteiger partial charge in [0.25, 0.3) is 10.0 Å². The monoisotopic (exact) mass is 645 g/mol. The van der Waals surface area contributed by atoms with E-state index >= 15 is 0 Å². The molecule has 0 unspecified atom stereocenters. The molecule has 14 heteroatoms. The minimum absolute atomic E-state index is 0.00814. The Morgan fingerprint density at radius 2 is 1.47 bits per heavy atom. The summed E-state index contributed by atoms with van der Waals surface area (Å²) in [5, 5.41) is 9.54. The molecule has 1 aromatic heterocycles. The van der Waals surface area contributed by atoms with Crippen LogP contribution in [-0.4, -0.2) is 63.7 Å². The first-order valence-electron chi connectivity index (χ1n) is 13.5. The Balaban J connectivity index is 1.45. The van der Waals surface area contributed by atoms with Crippen molar-refractivity contribution in [3.63, 3.8) is 0 Å². The van der Waals surface area contributed by atoms with Gasteiger partial charge in [0.2, 0.25) is 20.0 Å². The first-order chi connectivity index (χ1) is 20.2. The molecule has 1 aliphatic heterocycles. The molecule has 2 N–H and O–H groups in total. The summed E-state index contributed by atoms with van der Waals surface area (Å²) < 4.78 is 86.2. The molecule has 1 fully saturated rings. The molecule has 1 saturated heterocycles. The largest absolute Gasteiger partial charge is 0.478 e. The van der Waals surface area contributed by atoms with Crippen LogP contribution in [0.25, 0.3) is 10.9 Å². The molecular formula is C29H31N3O8S3. The van der Waals surface area contributed by atoms with Gasteiger partial charge in [0.05, 0.1) is 20.9 Å². The Hall–Kier alpha value is -3.56. The number of carbonyl (C=O) groups is 1. The average Bonchev–Trinajstić information content (AvgIpc) is 3.40. The van der Waals surface area contributed by atoms with Gasteiger partial charge in [-0.3, -0.25) is 0 Å². The molecule has 2 heterocycles. The molecular weight excluding hydrogens is 615 g/mol. The van der Waals surface area contributed by atoms with E-state index in [0.717, 1.165) is 16.2 Å². The predicted octanol–water partition coefficient (Wildman–Crippen LogP) is 3.83. The maximum Gasteiger partial charge on any atom is 0.335 e. The van der Waals surface area contributed by atoms with Crippen LogP contribution in [0.5, 0.6) is 0 Å². The highest BCUT2D eigenvalue weighted by Gasteiger charge is 2.34. The molecule has 1 aliphatic rings. The molecule has 0 bridgehead atoms. The summed E-state index contributed by atoms with van der Waals surface area (Å²) in [6.07, 6.45) is 1.46. The lowest BCUT2D eigenvalue weighted by atomic mass is 9.99. The van der Waals surface area contributed by atoms with E-state index < -0.39 is 42.1 Å². The van der Waals surface area contributed by atoms with E-state index in [1.807, 2.05) is 13.8 Å². The van der Waals surface area contributed by atoms with E-state index in [2.05, 4.69) is 4.72 Å². The van der Waals surface area contributed by atoms with E-state index in [1.54, 1.807) is 36.4 Å². The van der Waals surface area contributed by atoms with E-state index in [9.17, 15) is 35.2 Å². The molecule has 0 spiro atoms. The number of hydrogen-bond acceptors (Lipinski definition) is 7. The minimum Gasteiger partial charge on any atom is -0.478 e. The van der Waals surface area contributed by atoms with Crippen molar-refractivity contribution in [1.82, 2.24) is 13.0 Å². The highest BCUT2D eigenvalue weighted by Crippen LogP contribution is 2.35. The molecule has 0 radical (unpaired) electrons. The second-order valence-corrected chi connectivity index (χ2v) is 16.1. The highest BCUT2D eigenvalue weighted by molar-refractivity contribution is 7.91. The minimum atomic E-state index is -4.25. The van der Waals surface area contributed by atoms with Gasteiger partial charge >= 0.3 is 5.97 Å². The van der Waals surface area contributed by atoms with Crippen molar-refractivity contribution >= 4 is 46.9 Å². The zero-order chi connectivity index (χ0) is 31.2. The Morgan fingerprint density at radius 1 is 0.837 bits per heavy atom. The van der Waals surface area contributed by atoms with Crippen LogP contribution in [0.15, 0.2) is 93.7 Å². The molecule has 0 aliphatic carbocycles. The predicted molar refractivity (Wildman–Crippen MR) is 161 cm³/mol. The first-order valence-corrected chi connectivity index (χ1v) is 17.9. The first kappa shape index (κ1) is 30.9. The number of sulfonamides is 2. The number of aromatic carboxylic acids is 1. The second-order valence-electron chi connectivity index (χ2n) is 10.6. The second kappa shape index (κ2) is 11.5. The third-order valence-electron chi connectivity index (χ3n) is 7.50. The van der Waals surface area contributed by atoms with E-state index in [4.69, 9.17) is 0 Å². The Labute approximate surface area is 250 Å². The molecule has 11 nitrogen and oxygen atoms in total. The zero-order valence-electron chi connectivity index (χ0n) is 23.4. The van der Waals surface area contributed by atoms with Crippen molar-refractivity contribution in [2.75, 3.05) is 13.1 Å². The molecule has 43 heavy (non-hydrogen) atoms. The number of carboxylic acids is 1. The van der Waals surface area contributed by atoms with Gasteiger partial charge in [-0.15, -0.1) is 0 Å².